The number of carbonyl (C=O) groups is 2. The van der Waals surface area contributed by atoms with Gasteiger partial charge in [-0.05, 0) is 63.2 Å². The van der Waals surface area contributed by atoms with Crippen LogP contribution in [-0.2, 0) is 20.5 Å². The van der Waals surface area contributed by atoms with Crippen LogP contribution in [0.5, 0.6) is 11.5 Å². The minimum Gasteiger partial charge on any atom is -0.507 e. The van der Waals surface area contributed by atoms with Crippen LogP contribution in [0.2, 0.25) is 0 Å². The first-order valence-electron chi connectivity index (χ1n) is 12.9. The van der Waals surface area contributed by atoms with Gasteiger partial charge in [-0.3, -0.25) is 15.0 Å². The number of nitrogen functional groups attached to an aromatic ring is 1. The Morgan fingerprint density at radius 3 is 2.58 bits per heavy atom. The number of amides is 1. The fraction of sp³-hybridized carbons (Fsp3) is 0.393. The summed E-state index contributed by atoms with van der Waals surface area (Å²) in [5.74, 6) is -2.13. The molecule has 2 aromatic rings. The lowest BCUT2D eigenvalue weighted by Gasteiger charge is -2.29. The van der Waals surface area contributed by atoms with Crippen LogP contribution in [0.4, 0.5) is 18.9 Å². The van der Waals surface area contributed by atoms with E-state index in [2.05, 4.69) is 5.32 Å². The predicted octanol–water partition coefficient (Wildman–Crippen LogP) is 4.22. The van der Waals surface area contributed by atoms with Gasteiger partial charge < -0.3 is 30.5 Å². The number of carbonyl (C=O) groups excluding carboxylic acids is 2. The van der Waals surface area contributed by atoms with Crippen LogP contribution in [0.1, 0.15) is 49.3 Å². The van der Waals surface area contributed by atoms with Crippen molar-refractivity contribution in [3.63, 3.8) is 0 Å². The van der Waals surface area contributed by atoms with Gasteiger partial charge in [0.25, 0.3) is 0 Å². The van der Waals surface area contributed by atoms with Crippen molar-refractivity contribution in [2.75, 3.05) is 31.1 Å². The van der Waals surface area contributed by atoms with Crippen LogP contribution < -0.4 is 20.7 Å². The number of esters is 1. The van der Waals surface area contributed by atoms with Crippen LogP contribution >= 0.6 is 0 Å². The average Bonchev–Trinajstić information content (AvgIpc) is 2.90. The summed E-state index contributed by atoms with van der Waals surface area (Å²) in [5.41, 5.74) is 4.59. The highest BCUT2D eigenvalue weighted by Crippen LogP contribution is 2.43. The van der Waals surface area contributed by atoms with Crippen molar-refractivity contribution < 1.29 is 37.3 Å². The van der Waals surface area contributed by atoms with Gasteiger partial charge in [-0.15, -0.1) is 0 Å². The number of nitrogens with one attached hydrogen (secondary N) is 2. The van der Waals surface area contributed by atoms with E-state index in [0.29, 0.717) is 31.5 Å². The first-order valence-corrected chi connectivity index (χ1v) is 12.9. The minimum atomic E-state index is -4.85. The largest absolute Gasteiger partial charge is 0.507 e. The SMILES string of the molecule is CCOC(=O)CCC(=O)N(C/C=C/c1cc(C(=N)N)ccc1O)c1cccc(OC2CCNCC2)c1C(F)(F)F. The molecule has 2 aromatic carbocycles. The average molecular weight is 563 g/mol. The molecular weight excluding hydrogens is 529 g/mol. The number of phenols is 1. The third-order valence-corrected chi connectivity index (χ3v) is 6.23. The molecule has 1 amide bonds. The highest BCUT2D eigenvalue weighted by molar-refractivity contribution is 5.97. The molecule has 0 bridgehead atoms. The summed E-state index contributed by atoms with van der Waals surface area (Å²) in [4.78, 5) is 26.1. The number of alkyl halides is 3. The van der Waals surface area contributed by atoms with E-state index in [-0.39, 0.29) is 48.9 Å². The maximum Gasteiger partial charge on any atom is 0.421 e. The van der Waals surface area contributed by atoms with Crippen LogP contribution in [0.25, 0.3) is 6.08 Å². The molecule has 0 spiro atoms. The zero-order valence-electron chi connectivity index (χ0n) is 22.1. The number of ether oxygens (including phenoxy) is 2. The van der Waals surface area contributed by atoms with Gasteiger partial charge in [0, 0.05) is 24.1 Å². The first kappa shape index (κ1) is 30.5. The van der Waals surface area contributed by atoms with E-state index in [1.807, 2.05) is 0 Å². The van der Waals surface area contributed by atoms with Gasteiger partial charge in [0.15, 0.2) is 0 Å². The highest BCUT2D eigenvalue weighted by atomic mass is 19.4. The van der Waals surface area contributed by atoms with Gasteiger partial charge >= 0.3 is 12.1 Å². The Morgan fingerprint density at radius 2 is 1.93 bits per heavy atom. The van der Waals surface area contributed by atoms with E-state index in [1.165, 1.54) is 48.6 Å². The number of phenolic OH excluding ortho intramolecular Hbond substituents is 1. The number of anilines is 1. The number of rotatable bonds is 11. The normalized spacial score (nSPS) is 14.2. The maximum absolute atomic E-state index is 14.5. The Labute approximate surface area is 230 Å². The van der Waals surface area contributed by atoms with Crippen molar-refractivity contribution in [2.45, 2.75) is 44.9 Å². The summed E-state index contributed by atoms with van der Waals surface area (Å²) in [7, 11) is 0. The Morgan fingerprint density at radius 1 is 1.20 bits per heavy atom. The molecule has 1 saturated heterocycles. The van der Waals surface area contributed by atoms with E-state index in [9.17, 15) is 27.9 Å². The van der Waals surface area contributed by atoms with Crippen LogP contribution in [0.3, 0.4) is 0 Å². The lowest BCUT2D eigenvalue weighted by atomic mass is 10.1. The Hall–Kier alpha value is -4.06. The van der Waals surface area contributed by atoms with Gasteiger partial charge in [0.2, 0.25) is 5.91 Å². The minimum absolute atomic E-state index is 0.108. The molecule has 1 heterocycles. The lowest BCUT2D eigenvalue weighted by Crippen LogP contribution is -2.35. The molecule has 40 heavy (non-hydrogen) atoms. The number of nitrogens with zero attached hydrogens (tertiary/aromatic N) is 1. The number of hydrogen-bond acceptors (Lipinski definition) is 7. The Bertz CT molecular complexity index is 1240. The number of nitrogens with two attached hydrogens (primary N) is 1. The van der Waals surface area contributed by atoms with Gasteiger partial charge in [-0.1, -0.05) is 18.2 Å². The summed E-state index contributed by atoms with van der Waals surface area (Å²) in [6.45, 7) is 2.64. The number of aromatic hydroxyl groups is 1. The summed E-state index contributed by atoms with van der Waals surface area (Å²) in [5, 5.41) is 20.9. The molecular formula is C28H33F3N4O5. The molecule has 0 radical (unpaired) electrons. The molecule has 0 unspecified atom stereocenters. The van der Waals surface area contributed by atoms with Crippen LogP contribution in [-0.4, -0.2) is 55.2 Å². The van der Waals surface area contributed by atoms with Crippen molar-refractivity contribution in [3.05, 3.63) is 59.2 Å². The van der Waals surface area contributed by atoms with Crippen molar-refractivity contribution >= 4 is 29.5 Å². The fourth-order valence-electron chi connectivity index (χ4n) is 4.27. The molecule has 9 nitrogen and oxygen atoms in total. The molecule has 5 N–H and O–H groups in total. The second kappa shape index (κ2) is 13.8. The third-order valence-electron chi connectivity index (χ3n) is 6.23. The van der Waals surface area contributed by atoms with E-state index in [1.54, 1.807) is 6.92 Å². The van der Waals surface area contributed by atoms with Crippen molar-refractivity contribution in [1.82, 2.24) is 5.32 Å². The van der Waals surface area contributed by atoms with E-state index < -0.39 is 35.4 Å². The zero-order valence-corrected chi connectivity index (χ0v) is 22.1. The van der Waals surface area contributed by atoms with E-state index >= 15 is 0 Å². The molecule has 1 fully saturated rings. The zero-order chi connectivity index (χ0) is 29.3. The smallest absolute Gasteiger partial charge is 0.421 e. The molecule has 12 heteroatoms. The standard InChI is InChI=1S/C28H33F3N4O5/c1-2-39-25(38)11-10-24(37)35(16-4-5-18-17-19(27(32)33)8-9-22(18)36)21-6-3-7-23(26(21)28(29,30)31)40-20-12-14-34-15-13-20/h3-9,17,20,34,36H,2,10-16H2,1H3,(H3,32,33)/b5-4+. The predicted molar refractivity (Wildman–Crippen MR) is 144 cm³/mol. The quantitative estimate of drug-likeness (QED) is 0.183. The second-order valence-electron chi connectivity index (χ2n) is 9.11. The lowest BCUT2D eigenvalue weighted by molar-refractivity contribution is -0.144. The monoisotopic (exact) mass is 562 g/mol. The Balaban J connectivity index is 1.99. The molecule has 0 saturated carbocycles. The van der Waals surface area contributed by atoms with Gasteiger partial charge in [-0.25, -0.2) is 0 Å². The van der Waals surface area contributed by atoms with Crippen molar-refractivity contribution in [3.8, 4) is 11.5 Å². The molecule has 1 aliphatic heterocycles. The first-order chi connectivity index (χ1) is 19.0. The molecule has 3 rings (SSSR count). The van der Waals surface area contributed by atoms with E-state index in [4.69, 9.17) is 20.6 Å². The maximum atomic E-state index is 14.5. The topological polar surface area (TPSA) is 138 Å². The van der Waals surface area contributed by atoms with Gasteiger partial charge in [0.05, 0.1) is 18.7 Å². The van der Waals surface area contributed by atoms with Crippen molar-refractivity contribution in [1.29, 1.82) is 5.41 Å². The number of amidine groups is 1. The molecule has 216 valence electrons. The fourth-order valence-corrected chi connectivity index (χ4v) is 4.27. The van der Waals surface area contributed by atoms with Gasteiger partial charge in [0.1, 0.15) is 29.0 Å². The number of piperidine rings is 1. The number of hydrogen-bond donors (Lipinski definition) is 4. The number of halogens is 3. The number of benzene rings is 2. The third kappa shape index (κ3) is 8.22. The van der Waals surface area contributed by atoms with Crippen LogP contribution in [0.15, 0.2) is 42.5 Å². The summed E-state index contributed by atoms with van der Waals surface area (Å²) in [6, 6.07) is 8.03. The highest BCUT2D eigenvalue weighted by Gasteiger charge is 2.40. The Kier molecular flexibility index (Phi) is 10.5. The molecule has 0 aromatic heterocycles. The summed E-state index contributed by atoms with van der Waals surface area (Å²) in [6.07, 6.45) is -2.06. The van der Waals surface area contributed by atoms with Gasteiger partial charge in [-0.2, -0.15) is 13.2 Å². The molecule has 0 atom stereocenters. The molecule has 0 aliphatic carbocycles. The second-order valence-corrected chi connectivity index (χ2v) is 9.11. The summed E-state index contributed by atoms with van der Waals surface area (Å²) < 4.78 is 54.1. The van der Waals surface area contributed by atoms with Crippen LogP contribution in [0, 0.1) is 5.41 Å². The van der Waals surface area contributed by atoms with Crippen molar-refractivity contribution in [2.24, 2.45) is 5.73 Å². The summed E-state index contributed by atoms with van der Waals surface area (Å²) >= 11 is 0. The van der Waals surface area contributed by atoms with E-state index in [0.717, 1.165) is 4.90 Å². The molecule has 1 aliphatic rings.